The lowest BCUT2D eigenvalue weighted by molar-refractivity contribution is 0.180. The molecule has 0 N–H and O–H groups in total. The third kappa shape index (κ3) is 2.62. The van der Waals surface area contributed by atoms with Gasteiger partial charge in [0.05, 0.1) is 12.8 Å². The van der Waals surface area contributed by atoms with E-state index in [1.165, 1.54) is 61.8 Å². The van der Waals surface area contributed by atoms with Crippen LogP contribution in [0.25, 0.3) is 0 Å². The molecule has 1 aromatic carbocycles. The summed E-state index contributed by atoms with van der Waals surface area (Å²) < 4.78 is 6.52. The molecule has 0 radical (unpaired) electrons. The molecule has 0 aromatic heterocycles. The molecule has 1 heterocycles. The number of ether oxygens (including phenoxy) is 1. The van der Waals surface area contributed by atoms with E-state index in [1.54, 1.807) is 7.11 Å². The quantitative estimate of drug-likeness (QED) is 0.787. The second-order valence-electron chi connectivity index (χ2n) is 6.09. The van der Waals surface area contributed by atoms with Crippen LogP contribution in [-0.4, -0.2) is 20.2 Å². The SMILES string of the molecule is COc1ccc(Br)c(N2CC3(CCCCCC3)C2)c1. The molecule has 1 saturated carbocycles. The maximum Gasteiger partial charge on any atom is 0.121 e. The van der Waals surface area contributed by atoms with Crippen molar-refractivity contribution < 1.29 is 4.74 Å². The van der Waals surface area contributed by atoms with E-state index in [4.69, 9.17) is 4.74 Å². The first-order valence-corrected chi connectivity index (χ1v) is 8.10. The van der Waals surface area contributed by atoms with Crippen LogP contribution < -0.4 is 9.64 Å². The van der Waals surface area contributed by atoms with Crippen molar-refractivity contribution in [2.24, 2.45) is 5.41 Å². The maximum absolute atomic E-state index is 5.34. The van der Waals surface area contributed by atoms with Crippen LogP contribution >= 0.6 is 15.9 Å². The van der Waals surface area contributed by atoms with Gasteiger partial charge in [0, 0.05) is 29.0 Å². The van der Waals surface area contributed by atoms with Gasteiger partial charge in [-0.05, 0) is 40.9 Å². The van der Waals surface area contributed by atoms with E-state index in [0.29, 0.717) is 5.41 Å². The van der Waals surface area contributed by atoms with E-state index in [0.717, 1.165) is 5.75 Å². The molecule has 1 saturated heterocycles. The summed E-state index contributed by atoms with van der Waals surface area (Å²) in [6.45, 7) is 2.44. The Morgan fingerprint density at radius 2 is 1.79 bits per heavy atom. The molecule has 1 aliphatic heterocycles. The molecular formula is C16H22BrNO. The molecule has 2 nitrogen and oxygen atoms in total. The molecule has 0 unspecified atom stereocenters. The van der Waals surface area contributed by atoms with Gasteiger partial charge in [0.1, 0.15) is 5.75 Å². The van der Waals surface area contributed by atoms with E-state index >= 15 is 0 Å². The Kier molecular flexibility index (Phi) is 3.75. The van der Waals surface area contributed by atoms with Gasteiger partial charge in [-0.3, -0.25) is 0 Å². The highest BCUT2D eigenvalue weighted by Gasteiger charge is 2.43. The van der Waals surface area contributed by atoms with Gasteiger partial charge in [-0.15, -0.1) is 0 Å². The molecule has 1 aliphatic carbocycles. The molecule has 3 heteroatoms. The maximum atomic E-state index is 5.34. The highest BCUT2D eigenvalue weighted by molar-refractivity contribution is 9.10. The molecule has 3 rings (SSSR count). The van der Waals surface area contributed by atoms with Gasteiger partial charge in [0.2, 0.25) is 0 Å². The van der Waals surface area contributed by atoms with E-state index in [2.05, 4.69) is 33.0 Å². The van der Waals surface area contributed by atoms with Gasteiger partial charge in [-0.25, -0.2) is 0 Å². The summed E-state index contributed by atoms with van der Waals surface area (Å²) >= 11 is 3.67. The zero-order valence-corrected chi connectivity index (χ0v) is 13.2. The number of anilines is 1. The molecule has 1 spiro atoms. The van der Waals surface area contributed by atoms with Crippen molar-refractivity contribution in [3.63, 3.8) is 0 Å². The number of benzene rings is 1. The summed E-state index contributed by atoms with van der Waals surface area (Å²) in [7, 11) is 1.73. The fourth-order valence-corrected chi connectivity index (χ4v) is 4.09. The fourth-order valence-electron chi connectivity index (χ4n) is 3.59. The lowest BCUT2D eigenvalue weighted by Gasteiger charge is -2.52. The molecule has 0 amide bonds. The van der Waals surface area contributed by atoms with Gasteiger partial charge in [-0.2, -0.15) is 0 Å². The first-order chi connectivity index (χ1) is 9.22. The van der Waals surface area contributed by atoms with E-state index in [1.807, 2.05) is 6.07 Å². The summed E-state index contributed by atoms with van der Waals surface area (Å²) in [5.74, 6) is 0.944. The molecule has 19 heavy (non-hydrogen) atoms. The van der Waals surface area contributed by atoms with E-state index in [9.17, 15) is 0 Å². The minimum atomic E-state index is 0.610. The van der Waals surface area contributed by atoms with Gasteiger partial charge in [0.15, 0.2) is 0 Å². The summed E-state index contributed by atoms with van der Waals surface area (Å²) in [5, 5.41) is 0. The van der Waals surface area contributed by atoms with Gasteiger partial charge in [0.25, 0.3) is 0 Å². The molecule has 0 bridgehead atoms. The van der Waals surface area contributed by atoms with Gasteiger partial charge in [-0.1, -0.05) is 25.7 Å². The Hall–Kier alpha value is -0.700. The zero-order valence-electron chi connectivity index (χ0n) is 11.6. The Morgan fingerprint density at radius 1 is 1.11 bits per heavy atom. The minimum Gasteiger partial charge on any atom is -0.497 e. The Balaban J connectivity index is 1.72. The average Bonchev–Trinajstić information content (AvgIpc) is 2.63. The smallest absolute Gasteiger partial charge is 0.121 e. The predicted octanol–water partition coefficient (Wildman–Crippen LogP) is 4.62. The highest BCUT2D eigenvalue weighted by Crippen LogP contribution is 2.46. The van der Waals surface area contributed by atoms with Crippen LogP contribution in [0.2, 0.25) is 0 Å². The Bertz CT molecular complexity index is 444. The molecule has 2 fully saturated rings. The second kappa shape index (κ2) is 5.35. The predicted molar refractivity (Wildman–Crippen MR) is 83.0 cm³/mol. The molecule has 104 valence electrons. The summed E-state index contributed by atoms with van der Waals surface area (Å²) in [5.41, 5.74) is 1.90. The van der Waals surface area contributed by atoms with Crippen molar-refractivity contribution >= 4 is 21.6 Å². The number of hydrogen-bond donors (Lipinski definition) is 0. The zero-order chi connectivity index (χ0) is 13.3. The first-order valence-electron chi connectivity index (χ1n) is 7.31. The van der Waals surface area contributed by atoms with Gasteiger partial charge >= 0.3 is 0 Å². The van der Waals surface area contributed by atoms with Crippen molar-refractivity contribution in [3.05, 3.63) is 22.7 Å². The average molecular weight is 324 g/mol. The number of methoxy groups -OCH3 is 1. The second-order valence-corrected chi connectivity index (χ2v) is 6.94. The highest BCUT2D eigenvalue weighted by atomic mass is 79.9. The van der Waals surface area contributed by atoms with Crippen LogP contribution in [-0.2, 0) is 0 Å². The summed E-state index contributed by atoms with van der Waals surface area (Å²) in [4.78, 5) is 2.50. The molecule has 1 aromatic rings. The normalized spacial score (nSPS) is 21.9. The topological polar surface area (TPSA) is 12.5 Å². The monoisotopic (exact) mass is 323 g/mol. The van der Waals surface area contributed by atoms with E-state index < -0.39 is 0 Å². The Morgan fingerprint density at radius 3 is 2.42 bits per heavy atom. The van der Waals surface area contributed by atoms with Crippen molar-refractivity contribution in [3.8, 4) is 5.75 Å². The van der Waals surface area contributed by atoms with Crippen LogP contribution in [0, 0.1) is 5.41 Å². The van der Waals surface area contributed by atoms with Crippen LogP contribution in [0.1, 0.15) is 38.5 Å². The molecular weight excluding hydrogens is 302 g/mol. The molecule has 2 aliphatic rings. The summed E-state index contributed by atoms with van der Waals surface area (Å²) in [6, 6.07) is 6.24. The largest absolute Gasteiger partial charge is 0.497 e. The first kappa shape index (κ1) is 13.3. The minimum absolute atomic E-state index is 0.610. The lowest BCUT2D eigenvalue weighted by Crippen LogP contribution is -2.56. The van der Waals surface area contributed by atoms with E-state index in [-0.39, 0.29) is 0 Å². The van der Waals surface area contributed by atoms with Crippen LogP contribution in [0.5, 0.6) is 5.75 Å². The number of hydrogen-bond acceptors (Lipinski definition) is 2. The molecule has 0 atom stereocenters. The van der Waals surface area contributed by atoms with Crippen molar-refractivity contribution in [1.29, 1.82) is 0 Å². The number of rotatable bonds is 2. The van der Waals surface area contributed by atoms with Crippen molar-refractivity contribution in [2.75, 3.05) is 25.1 Å². The fraction of sp³-hybridized carbons (Fsp3) is 0.625. The lowest BCUT2D eigenvalue weighted by atomic mass is 9.73. The van der Waals surface area contributed by atoms with Crippen LogP contribution in [0.4, 0.5) is 5.69 Å². The van der Waals surface area contributed by atoms with Crippen molar-refractivity contribution in [2.45, 2.75) is 38.5 Å². The third-order valence-corrected chi connectivity index (χ3v) is 5.38. The Labute approximate surface area is 124 Å². The van der Waals surface area contributed by atoms with Crippen molar-refractivity contribution in [1.82, 2.24) is 0 Å². The standard InChI is InChI=1S/C16H22BrNO/c1-19-13-6-7-14(17)15(10-13)18-11-16(12-18)8-4-2-3-5-9-16/h6-7,10H,2-5,8-9,11-12H2,1H3. The third-order valence-electron chi connectivity index (χ3n) is 4.71. The summed E-state index contributed by atoms with van der Waals surface area (Å²) in [6.07, 6.45) is 8.56. The number of halogens is 1. The van der Waals surface area contributed by atoms with Crippen LogP contribution in [0.3, 0.4) is 0 Å². The van der Waals surface area contributed by atoms with Gasteiger partial charge < -0.3 is 9.64 Å². The van der Waals surface area contributed by atoms with Crippen LogP contribution in [0.15, 0.2) is 22.7 Å². The number of nitrogens with zero attached hydrogens (tertiary/aromatic N) is 1.